The molecule has 2 aliphatic carbocycles. The molecule has 4 atom stereocenters. The van der Waals surface area contributed by atoms with Gasteiger partial charge in [-0.1, -0.05) is 24.3 Å². The Balaban J connectivity index is 1.90. The van der Waals surface area contributed by atoms with E-state index in [-0.39, 0.29) is 23.4 Å². The molecule has 0 aliphatic heterocycles. The lowest BCUT2D eigenvalue weighted by atomic mass is 9.82. The second-order valence-corrected chi connectivity index (χ2v) is 5.69. The van der Waals surface area contributed by atoms with Crippen molar-refractivity contribution in [3.05, 3.63) is 42.2 Å². The minimum atomic E-state index is -0.952. The second-order valence-electron chi connectivity index (χ2n) is 5.69. The van der Waals surface area contributed by atoms with Crippen molar-refractivity contribution in [1.82, 2.24) is 0 Å². The summed E-state index contributed by atoms with van der Waals surface area (Å²) in [4.78, 5) is 25.4. The molecule has 1 aromatic rings. The molecule has 4 nitrogen and oxygen atoms in total. The van der Waals surface area contributed by atoms with Crippen LogP contribution in [0, 0.1) is 29.5 Å². The number of carboxylic acids is 1. The Kier molecular flexibility index (Phi) is 3.27. The van der Waals surface area contributed by atoms with Gasteiger partial charge in [0.15, 0.2) is 0 Å². The molecule has 2 aliphatic rings. The van der Waals surface area contributed by atoms with Crippen molar-refractivity contribution in [3.63, 3.8) is 0 Å². The van der Waals surface area contributed by atoms with Crippen molar-refractivity contribution >= 4 is 17.6 Å². The molecule has 1 aromatic carbocycles. The number of allylic oxidation sites excluding steroid dienone is 2. The van der Waals surface area contributed by atoms with E-state index < -0.39 is 23.6 Å². The summed E-state index contributed by atoms with van der Waals surface area (Å²) >= 11 is 0. The van der Waals surface area contributed by atoms with Gasteiger partial charge in [0.25, 0.3) is 0 Å². The van der Waals surface area contributed by atoms with E-state index in [9.17, 15) is 19.1 Å². The summed E-state index contributed by atoms with van der Waals surface area (Å²) < 4.78 is 13.8. The fourth-order valence-electron chi connectivity index (χ4n) is 3.56. The number of halogens is 1. The van der Waals surface area contributed by atoms with E-state index in [1.165, 1.54) is 24.1 Å². The molecule has 2 bridgehead atoms. The average molecular weight is 289 g/mol. The van der Waals surface area contributed by atoms with Gasteiger partial charge >= 0.3 is 5.97 Å². The maximum atomic E-state index is 13.8. The first-order chi connectivity index (χ1) is 10.0. The van der Waals surface area contributed by atoms with Crippen molar-refractivity contribution in [2.75, 3.05) is 11.9 Å². The lowest BCUT2D eigenvalue weighted by molar-refractivity contribution is -0.147. The standard InChI is InChI=1S/C16H16FNO3/c1-18(12-5-3-2-4-11(12)17)15(19)13-9-6-7-10(8-9)14(13)16(20)21/h2-7,9-10,13-14H,8H2,1H3,(H,20,21). The van der Waals surface area contributed by atoms with Gasteiger partial charge in [0.1, 0.15) is 5.82 Å². The molecule has 0 spiro atoms. The average Bonchev–Trinajstić information content (AvgIpc) is 3.06. The van der Waals surface area contributed by atoms with Crippen LogP contribution in [0.25, 0.3) is 0 Å². The number of rotatable bonds is 3. The monoisotopic (exact) mass is 289 g/mol. The summed E-state index contributed by atoms with van der Waals surface area (Å²) in [6.45, 7) is 0. The Bertz CT molecular complexity index is 628. The molecule has 0 heterocycles. The molecule has 3 rings (SSSR count). The van der Waals surface area contributed by atoms with E-state index in [0.717, 1.165) is 0 Å². The largest absolute Gasteiger partial charge is 0.481 e. The van der Waals surface area contributed by atoms with Crippen LogP contribution in [0.15, 0.2) is 36.4 Å². The quantitative estimate of drug-likeness (QED) is 0.869. The van der Waals surface area contributed by atoms with Crippen molar-refractivity contribution in [3.8, 4) is 0 Å². The molecule has 21 heavy (non-hydrogen) atoms. The van der Waals surface area contributed by atoms with Crippen molar-refractivity contribution in [1.29, 1.82) is 0 Å². The lowest BCUT2D eigenvalue weighted by Gasteiger charge is -2.28. The van der Waals surface area contributed by atoms with Crippen molar-refractivity contribution in [2.45, 2.75) is 6.42 Å². The summed E-state index contributed by atoms with van der Waals surface area (Å²) in [7, 11) is 1.50. The Hall–Kier alpha value is -2.17. The summed E-state index contributed by atoms with van der Waals surface area (Å²) in [5.74, 6) is -3.23. The number of hydrogen-bond donors (Lipinski definition) is 1. The zero-order valence-corrected chi connectivity index (χ0v) is 11.6. The van der Waals surface area contributed by atoms with E-state index in [0.29, 0.717) is 6.42 Å². The van der Waals surface area contributed by atoms with Gasteiger partial charge in [-0.3, -0.25) is 9.59 Å². The van der Waals surface area contributed by atoms with E-state index >= 15 is 0 Å². The van der Waals surface area contributed by atoms with Crippen LogP contribution in [-0.2, 0) is 9.59 Å². The van der Waals surface area contributed by atoms with Gasteiger partial charge in [-0.15, -0.1) is 0 Å². The van der Waals surface area contributed by atoms with Crippen LogP contribution in [0.1, 0.15) is 6.42 Å². The Morgan fingerprint density at radius 2 is 1.81 bits per heavy atom. The van der Waals surface area contributed by atoms with E-state index in [2.05, 4.69) is 0 Å². The molecular weight excluding hydrogens is 273 g/mol. The third-order valence-electron chi connectivity index (χ3n) is 4.57. The number of carbonyl (C=O) groups is 2. The van der Waals surface area contributed by atoms with Gasteiger partial charge in [0.05, 0.1) is 17.5 Å². The number of aliphatic carboxylic acids is 1. The summed E-state index contributed by atoms with van der Waals surface area (Å²) in [6, 6.07) is 6.01. The fourth-order valence-corrected chi connectivity index (χ4v) is 3.56. The van der Waals surface area contributed by atoms with Gasteiger partial charge < -0.3 is 10.0 Å². The highest BCUT2D eigenvalue weighted by Crippen LogP contribution is 2.49. The van der Waals surface area contributed by atoms with Gasteiger partial charge in [-0.05, 0) is 30.4 Å². The number of benzene rings is 1. The number of hydrogen-bond acceptors (Lipinski definition) is 2. The maximum Gasteiger partial charge on any atom is 0.307 e. The smallest absolute Gasteiger partial charge is 0.307 e. The summed E-state index contributed by atoms with van der Waals surface area (Å²) in [5.41, 5.74) is 0.179. The van der Waals surface area contributed by atoms with Crippen LogP contribution in [0.3, 0.4) is 0 Å². The Labute approximate surface area is 121 Å². The SMILES string of the molecule is CN(C(=O)C1C2C=CC(C2)C1C(=O)O)c1ccccc1F. The van der Waals surface area contributed by atoms with Crippen molar-refractivity contribution in [2.24, 2.45) is 23.7 Å². The normalized spacial score (nSPS) is 29.6. The number of carboxylic acid groups (broad SMARTS) is 1. The number of fused-ring (bicyclic) bond motifs is 2. The fraction of sp³-hybridized carbons (Fsp3) is 0.375. The van der Waals surface area contributed by atoms with Gasteiger partial charge in [-0.25, -0.2) is 4.39 Å². The molecule has 1 fully saturated rings. The number of carbonyl (C=O) groups excluding carboxylic acids is 1. The molecule has 110 valence electrons. The Morgan fingerprint density at radius 3 is 2.43 bits per heavy atom. The highest BCUT2D eigenvalue weighted by Gasteiger charge is 2.52. The summed E-state index contributed by atoms with van der Waals surface area (Å²) in [6.07, 6.45) is 4.50. The van der Waals surface area contributed by atoms with Crippen LogP contribution in [0.5, 0.6) is 0 Å². The minimum absolute atomic E-state index is 0.0576. The highest BCUT2D eigenvalue weighted by atomic mass is 19.1. The lowest BCUT2D eigenvalue weighted by Crippen LogP contribution is -2.41. The van der Waals surface area contributed by atoms with Gasteiger partial charge in [0, 0.05) is 7.05 Å². The highest BCUT2D eigenvalue weighted by molar-refractivity contribution is 5.98. The molecule has 0 saturated heterocycles. The van der Waals surface area contributed by atoms with Gasteiger partial charge in [0.2, 0.25) is 5.91 Å². The zero-order valence-electron chi connectivity index (χ0n) is 11.6. The number of amides is 1. The number of para-hydroxylation sites is 1. The van der Waals surface area contributed by atoms with Crippen LogP contribution in [0.2, 0.25) is 0 Å². The molecule has 0 aromatic heterocycles. The number of anilines is 1. The molecule has 4 unspecified atom stereocenters. The first-order valence-corrected chi connectivity index (χ1v) is 6.94. The van der Waals surface area contributed by atoms with Crippen LogP contribution in [0.4, 0.5) is 10.1 Å². The molecule has 5 heteroatoms. The molecular formula is C16H16FNO3. The van der Waals surface area contributed by atoms with E-state index in [1.54, 1.807) is 12.1 Å². The molecule has 1 amide bonds. The topological polar surface area (TPSA) is 57.6 Å². The predicted molar refractivity (Wildman–Crippen MR) is 75.2 cm³/mol. The molecule has 1 saturated carbocycles. The first kappa shape index (κ1) is 13.8. The first-order valence-electron chi connectivity index (χ1n) is 6.94. The van der Waals surface area contributed by atoms with E-state index in [4.69, 9.17) is 0 Å². The predicted octanol–water partition coefficient (Wildman–Crippen LogP) is 2.31. The van der Waals surface area contributed by atoms with Gasteiger partial charge in [-0.2, -0.15) is 0 Å². The minimum Gasteiger partial charge on any atom is -0.481 e. The van der Waals surface area contributed by atoms with Crippen LogP contribution < -0.4 is 4.90 Å². The third kappa shape index (κ3) is 2.13. The molecule has 0 radical (unpaired) electrons. The maximum absolute atomic E-state index is 13.8. The van der Waals surface area contributed by atoms with Crippen molar-refractivity contribution < 1.29 is 19.1 Å². The van der Waals surface area contributed by atoms with E-state index in [1.807, 2.05) is 12.2 Å². The number of nitrogens with zero attached hydrogens (tertiary/aromatic N) is 1. The summed E-state index contributed by atoms with van der Waals surface area (Å²) in [5, 5.41) is 9.38. The van der Waals surface area contributed by atoms with Crippen LogP contribution >= 0.6 is 0 Å². The Morgan fingerprint density at radius 1 is 1.19 bits per heavy atom. The zero-order chi connectivity index (χ0) is 15.1. The third-order valence-corrected chi connectivity index (χ3v) is 4.57. The van der Waals surface area contributed by atoms with Crippen LogP contribution in [-0.4, -0.2) is 24.0 Å². The second kappa shape index (κ2) is 4.98. The molecule has 1 N–H and O–H groups in total.